The fourth-order valence-corrected chi connectivity index (χ4v) is 1.72. The largest absolute Gasteiger partial charge is 0.381 e. The molecule has 1 aromatic carbocycles. The van der Waals surface area contributed by atoms with Gasteiger partial charge in [-0.2, -0.15) is 0 Å². The standard InChI is InChI=1S/C11H11F2NO/c1-14-8-5-3-2-4-7(8)6-9(14)10(15)11(12)13/h2-6,10-11,15H,1H3. The van der Waals surface area contributed by atoms with E-state index in [2.05, 4.69) is 0 Å². The number of fused-ring (bicyclic) bond motifs is 1. The average Bonchev–Trinajstić information content (AvgIpc) is 2.56. The van der Waals surface area contributed by atoms with E-state index in [4.69, 9.17) is 0 Å². The molecule has 80 valence electrons. The zero-order valence-electron chi connectivity index (χ0n) is 8.19. The Morgan fingerprint density at radius 2 is 1.93 bits per heavy atom. The van der Waals surface area contributed by atoms with Crippen LogP contribution in [0.3, 0.4) is 0 Å². The van der Waals surface area contributed by atoms with Crippen LogP contribution in [0, 0.1) is 0 Å². The number of aryl methyl sites for hydroxylation is 1. The van der Waals surface area contributed by atoms with Crippen molar-refractivity contribution in [1.82, 2.24) is 4.57 Å². The summed E-state index contributed by atoms with van der Waals surface area (Å²) >= 11 is 0. The van der Waals surface area contributed by atoms with Crippen LogP contribution in [0.2, 0.25) is 0 Å². The number of hydrogen-bond acceptors (Lipinski definition) is 1. The molecule has 1 N–H and O–H groups in total. The maximum Gasteiger partial charge on any atom is 0.269 e. The quantitative estimate of drug-likeness (QED) is 0.811. The Morgan fingerprint density at radius 3 is 2.53 bits per heavy atom. The van der Waals surface area contributed by atoms with Crippen LogP contribution < -0.4 is 0 Å². The smallest absolute Gasteiger partial charge is 0.269 e. The van der Waals surface area contributed by atoms with Gasteiger partial charge in [0.1, 0.15) is 0 Å². The van der Waals surface area contributed by atoms with Crippen LogP contribution in [0.25, 0.3) is 10.9 Å². The summed E-state index contributed by atoms with van der Waals surface area (Å²) in [4.78, 5) is 0. The van der Waals surface area contributed by atoms with Crippen LogP contribution in [0.1, 0.15) is 11.8 Å². The molecule has 0 aliphatic rings. The van der Waals surface area contributed by atoms with Crippen molar-refractivity contribution < 1.29 is 13.9 Å². The number of aliphatic hydroxyl groups is 1. The molecule has 0 fully saturated rings. The summed E-state index contributed by atoms with van der Waals surface area (Å²) in [6.07, 6.45) is -4.48. The molecule has 15 heavy (non-hydrogen) atoms. The molecular weight excluding hydrogens is 200 g/mol. The number of halogens is 2. The van der Waals surface area contributed by atoms with Crippen molar-refractivity contribution in [2.24, 2.45) is 7.05 Å². The molecule has 2 aromatic rings. The third-order valence-electron chi connectivity index (χ3n) is 2.53. The Bertz CT molecular complexity index is 478. The van der Waals surface area contributed by atoms with Crippen molar-refractivity contribution in [2.75, 3.05) is 0 Å². The van der Waals surface area contributed by atoms with E-state index in [1.807, 2.05) is 24.3 Å². The van der Waals surface area contributed by atoms with Crippen LogP contribution in [0.15, 0.2) is 30.3 Å². The van der Waals surface area contributed by atoms with Crippen molar-refractivity contribution in [3.8, 4) is 0 Å². The molecule has 4 heteroatoms. The van der Waals surface area contributed by atoms with Gasteiger partial charge in [0.15, 0.2) is 6.10 Å². The number of aliphatic hydroxyl groups excluding tert-OH is 1. The zero-order valence-corrected chi connectivity index (χ0v) is 8.19. The summed E-state index contributed by atoms with van der Waals surface area (Å²) in [6.45, 7) is 0. The van der Waals surface area contributed by atoms with Gasteiger partial charge >= 0.3 is 0 Å². The van der Waals surface area contributed by atoms with Crippen molar-refractivity contribution in [3.05, 3.63) is 36.0 Å². The van der Waals surface area contributed by atoms with Crippen molar-refractivity contribution in [3.63, 3.8) is 0 Å². The van der Waals surface area contributed by atoms with Gasteiger partial charge < -0.3 is 9.67 Å². The summed E-state index contributed by atoms with van der Waals surface area (Å²) in [7, 11) is 1.67. The van der Waals surface area contributed by atoms with Gasteiger partial charge in [-0.3, -0.25) is 0 Å². The second kappa shape index (κ2) is 3.62. The van der Waals surface area contributed by atoms with Crippen molar-refractivity contribution in [2.45, 2.75) is 12.5 Å². The van der Waals surface area contributed by atoms with Gasteiger partial charge in [-0.15, -0.1) is 0 Å². The minimum atomic E-state index is -2.76. The molecule has 0 bridgehead atoms. The summed E-state index contributed by atoms with van der Waals surface area (Å²) in [5.74, 6) is 0. The van der Waals surface area contributed by atoms with E-state index in [-0.39, 0.29) is 5.69 Å². The monoisotopic (exact) mass is 211 g/mol. The van der Waals surface area contributed by atoms with Gasteiger partial charge in [-0.1, -0.05) is 18.2 Å². The minimum absolute atomic E-state index is 0.242. The molecule has 1 unspecified atom stereocenters. The molecule has 0 spiro atoms. The normalized spacial score (nSPS) is 13.7. The van der Waals surface area contributed by atoms with E-state index in [0.717, 1.165) is 10.9 Å². The van der Waals surface area contributed by atoms with Gasteiger partial charge in [0.25, 0.3) is 6.43 Å². The van der Waals surface area contributed by atoms with Crippen molar-refractivity contribution in [1.29, 1.82) is 0 Å². The lowest BCUT2D eigenvalue weighted by Crippen LogP contribution is -2.11. The number of alkyl halides is 2. The number of benzene rings is 1. The van der Waals surface area contributed by atoms with Crippen LogP contribution in [0.4, 0.5) is 8.78 Å². The summed E-state index contributed by atoms with van der Waals surface area (Å²) in [5.41, 5.74) is 1.08. The third kappa shape index (κ3) is 1.61. The van der Waals surface area contributed by atoms with Crippen LogP contribution in [-0.4, -0.2) is 16.1 Å². The molecule has 1 atom stereocenters. The molecule has 0 radical (unpaired) electrons. The fraction of sp³-hybridized carbons (Fsp3) is 0.273. The summed E-state index contributed by atoms with van der Waals surface area (Å²) in [5, 5.41) is 10.2. The molecule has 1 heterocycles. The first-order valence-corrected chi connectivity index (χ1v) is 4.62. The average molecular weight is 211 g/mol. The Balaban J connectivity index is 2.58. The number of rotatable bonds is 2. The molecule has 0 saturated carbocycles. The number of hydrogen-bond donors (Lipinski definition) is 1. The van der Waals surface area contributed by atoms with Crippen LogP contribution in [-0.2, 0) is 7.05 Å². The summed E-state index contributed by atoms with van der Waals surface area (Å²) < 4.78 is 26.3. The third-order valence-corrected chi connectivity index (χ3v) is 2.53. The van der Waals surface area contributed by atoms with E-state index in [1.54, 1.807) is 17.7 Å². The van der Waals surface area contributed by atoms with Crippen LogP contribution >= 0.6 is 0 Å². The Kier molecular flexibility index (Phi) is 2.44. The SMILES string of the molecule is Cn1c(C(O)C(F)F)cc2ccccc21. The molecular formula is C11H11F2NO. The van der Waals surface area contributed by atoms with Gasteiger partial charge in [0.2, 0.25) is 0 Å². The van der Waals surface area contributed by atoms with Gasteiger partial charge in [-0.05, 0) is 17.5 Å². The summed E-state index contributed by atoms with van der Waals surface area (Å²) in [6, 6.07) is 8.92. The fourth-order valence-electron chi connectivity index (χ4n) is 1.72. The molecule has 1 aromatic heterocycles. The minimum Gasteiger partial charge on any atom is -0.381 e. The highest BCUT2D eigenvalue weighted by atomic mass is 19.3. The highest BCUT2D eigenvalue weighted by Crippen LogP contribution is 2.26. The van der Waals surface area contributed by atoms with E-state index >= 15 is 0 Å². The second-order valence-electron chi connectivity index (χ2n) is 3.47. The first-order chi connectivity index (χ1) is 7.11. The van der Waals surface area contributed by atoms with E-state index < -0.39 is 12.5 Å². The second-order valence-corrected chi connectivity index (χ2v) is 3.47. The first kappa shape index (κ1) is 10.1. The molecule has 0 aliphatic carbocycles. The maximum absolute atomic E-state index is 12.4. The highest BCUT2D eigenvalue weighted by molar-refractivity contribution is 5.81. The van der Waals surface area contributed by atoms with Gasteiger partial charge in [0, 0.05) is 12.6 Å². The number of para-hydroxylation sites is 1. The predicted molar refractivity (Wildman–Crippen MR) is 53.9 cm³/mol. The van der Waals surface area contributed by atoms with Gasteiger partial charge in [0.05, 0.1) is 5.69 Å². The molecule has 2 nitrogen and oxygen atoms in total. The lowest BCUT2D eigenvalue weighted by molar-refractivity contribution is -0.00949. The first-order valence-electron chi connectivity index (χ1n) is 4.62. The Morgan fingerprint density at radius 1 is 1.27 bits per heavy atom. The van der Waals surface area contributed by atoms with Crippen molar-refractivity contribution >= 4 is 10.9 Å². The van der Waals surface area contributed by atoms with Crippen LogP contribution in [0.5, 0.6) is 0 Å². The Hall–Kier alpha value is -1.42. The molecule has 0 aliphatic heterocycles. The molecule has 0 amide bonds. The number of aromatic nitrogens is 1. The molecule has 0 saturated heterocycles. The molecule has 2 rings (SSSR count). The predicted octanol–water partition coefficient (Wildman–Crippen LogP) is 2.48. The topological polar surface area (TPSA) is 25.2 Å². The highest BCUT2D eigenvalue weighted by Gasteiger charge is 2.22. The lowest BCUT2D eigenvalue weighted by Gasteiger charge is -2.10. The Labute approximate surface area is 85.8 Å². The van der Waals surface area contributed by atoms with E-state index in [9.17, 15) is 13.9 Å². The van der Waals surface area contributed by atoms with E-state index in [0.29, 0.717) is 0 Å². The maximum atomic E-state index is 12.4. The van der Waals surface area contributed by atoms with E-state index in [1.165, 1.54) is 0 Å². The lowest BCUT2D eigenvalue weighted by atomic mass is 10.2. The zero-order chi connectivity index (χ0) is 11.0. The number of nitrogens with zero attached hydrogens (tertiary/aromatic N) is 1. The van der Waals surface area contributed by atoms with Gasteiger partial charge in [-0.25, -0.2) is 8.78 Å².